The number of piperidine rings is 1. The van der Waals surface area contributed by atoms with Crippen molar-refractivity contribution >= 4 is 40.0 Å². The van der Waals surface area contributed by atoms with Crippen LogP contribution in [0.15, 0.2) is 40.7 Å². The first-order valence-electron chi connectivity index (χ1n) is 12.0. The number of aliphatic carboxylic acids is 1. The van der Waals surface area contributed by atoms with Crippen LogP contribution in [0.5, 0.6) is 5.75 Å². The highest BCUT2D eigenvalue weighted by Gasteiger charge is 2.31. The number of nitrogens with zero attached hydrogens (tertiary/aromatic N) is 2. The molecule has 6 nitrogen and oxygen atoms in total. The number of pyridine rings is 1. The number of benzene rings is 1. The van der Waals surface area contributed by atoms with Gasteiger partial charge in [-0.2, -0.15) is 4.39 Å². The zero-order chi connectivity index (χ0) is 25.7. The maximum absolute atomic E-state index is 14.7. The van der Waals surface area contributed by atoms with Gasteiger partial charge in [0, 0.05) is 36.2 Å². The van der Waals surface area contributed by atoms with Gasteiger partial charge in [-0.1, -0.05) is 11.3 Å². The molecular weight excluding hydrogens is 506 g/mol. The van der Waals surface area contributed by atoms with E-state index in [0.717, 1.165) is 47.0 Å². The minimum atomic E-state index is -1.03. The summed E-state index contributed by atoms with van der Waals surface area (Å²) in [6.07, 6.45) is 1.90. The van der Waals surface area contributed by atoms with E-state index in [0.29, 0.717) is 36.0 Å². The number of thiophene rings is 1. The Morgan fingerprint density at radius 1 is 1.31 bits per heavy atom. The topological polar surface area (TPSA) is 82.9 Å². The van der Waals surface area contributed by atoms with Gasteiger partial charge in [-0.05, 0) is 68.0 Å². The maximum Gasteiger partial charge on any atom is 0.303 e. The summed E-state index contributed by atoms with van der Waals surface area (Å²) in [5, 5.41) is 20.8. The molecule has 0 amide bonds. The van der Waals surface area contributed by atoms with Crippen molar-refractivity contribution in [2.45, 2.75) is 36.0 Å². The van der Waals surface area contributed by atoms with E-state index in [2.05, 4.69) is 9.88 Å². The van der Waals surface area contributed by atoms with Gasteiger partial charge in [-0.3, -0.25) is 9.78 Å². The second-order valence-electron chi connectivity index (χ2n) is 9.11. The summed E-state index contributed by atoms with van der Waals surface area (Å²) in [7, 11) is 1.53. The number of aliphatic hydroxyl groups is 1. The molecule has 0 bridgehead atoms. The molecule has 0 spiro atoms. The molecule has 3 heterocycles. The standard InChI is InChI=1S/C26H30F2N2O4S2/c1-34-18-3-4-21-19(13-18)26(20(27)14-29-21)22(31)5-2-16-8-9-30(15-17(16)12-24(32)33)10-11-35-25-7-6-23(28)36-25/h3-4,6-7,13-14,16-17,22,31H,2,5,8-12,15H2,1H3,(H,32,33). The van der Waals surface area contributed by atoms with Crippen molar-refractivity contribution in [1.82, 2.24) is 9.88 Å². The number of fused-ring (bicyclic) bond motifs is 1. The van der Waals surface area contributed by atoms with E-state index < -0.39 is 17.9 Å². The van der Waals surface area contributed by atoms with Crippen LogP contribution >= 0.6 is 23.1 Å². The Kier molecular flexibility index (Phi) is 9.16. The first-order chi connectivity index (χ1) is 17.3. The molecule has 3 unspecified atom stereocenters. The van der Waals surface area contributed by atoms with Crippen molar-refractivity contribution in [2.75, 3.05) is 32.5 Å². The number of halogens is 2. The molecule has 1 fully saturated rings. The molecule has 0 saturated carbocycles. The number of aromatic nitrogens is 1. The van der Waals surface area contributed by atoms with Crippen molar-refractivity contribution in [1.29, 1.82) is 0 Å². The number of carbonyl (C=O) groups is 1. The summed E-state index contributed by atoms with van der Waals surface area (Å²) in [5.74, 6) is 0.0292. The Morgan fingerprint density at radius 2 is 2.14 bits per heavy atom. The first kappa shape index (κ1) is 26.8. The lowest BCUT2D eigenvalue weighted by atomic mass is 9.79. The maximum atomic E-state index is 14.7. The van der Waals surface area contributed by atoms with Crippen molar-refractivity contribution in [3.05, 3.63) is 53.0 Å². The summed E-state index contributed by atoms with van der Waals surface area (Å²) in [6.45, 7) is 2.29. The molecule has 194 valence electrons. The van der Waals surface area contributed by atoms with E-state index in [1.54, 1.807) is 36.0 Å². The number of thioether (sulfide) groups is 1. The Balaban J connectivity index is 1.38. The number of ether oxygens (including phenoxy) is 1. The van der Waals surface area contributed by atoms with Crippen LogP contribution in [0, 0.1) is 22.8 Å². The zero-order valence-electron chi connectivity index (χ0n) is 20.0. The SMILES string of the molecule is COc1ccc2ncc(F)c(C(O)CCC3CCN(CCSc4ccc(F)s4)CC3CC(=O)O)c2c1. The van der Waals surface area contributed by atoms with Gasteiger partial charge < -0.3 is 19.8 Å². The van der Waals surface area contributed by atoms with Crippen LogP contribution in [0.25, 0.3) is 10.9 Å². The van der Waals surface area contributed by atoms with Gasteiger partial charge in [0.2, 0.25) is 0 Å². The molecule has 3 aromatic rings. The van der Waals surface area contributed by atoms with Crippen molar-refractivity contribution in [3.8, 4) is 5.75 Å². The molecule has 4 rings (SSSR count). The Hall–Kier alpha value is -2.27. The molecule has 1 aliphatic rings. The lowest BCUT2D eigenvalue weighted by Gasteiger charge is -2.38. The van der Waals surface area contributed by atoms with Crippen LogP contribution in [-0.4, -0.2) is 58.6 Å². The van der Waals surface area contributed by atoms with E-state index in [-0.39, 0.29) is 29.0 Å². The smallest absolute Gasteiger partial charge is 0.303 e. The Morgan fingerprint density at radius 3 is 2.86 bits per heavy atom. The number of aliphatic hydroxyl groups excluding tert-OH is 1. The van der Waals surface area contributed by atoms with Crippen LogP contribution in [0.4, 0.5) is 8.78 Å². The van der Waals surface area contributed by atoms with Gasteiger partial charge in [0.15, 0.2) is 5.13 Å². The molecule has 0 aliphatic carbocycles. The fourth-order valence-corrected chi connectivity index (χ4v) is 6.90. The van der Waals surface area contributed by atoms with Gasteiger partial charge in [0.25, 0.3) is 0 Å². The number of methoxy groups -OCH3 is 1. The monoisotopic (exact) mass is 536 g/mol. The number of likely N-dealkylation sites (tertiary alicyclic amines) is 1. The number of rotatable bonds is 11. The molecule has 36 heavy (non-hydrogen) atoms. The number of carboxylic acid groups (broad SMARTS) is 1. The molecule has 2 aromatic heterocycles. The largest absolute Gasteiger partial charge is 0.497 e. The fourth-order valence-electron chi connectivity index (χ4n) is 5.00. The second kappa shape index (κ2) is 12.3. The normalized spacial score (nSPS) is 19.4. The van der Waals surface area contributed by atoms with Gasteiger partial charge >= 0.3 is 5.97 Å². The number of hydrogen-bond acceptors (Lipinski definition) is 7. The van der Waals surface area contributed by atoms with Crippen molar-refractivity contribution in [3.63, 3.8) is 0 Å². The van der Waals surface area contributed by atoms with Crippen LogP contribution in [0.2, 0.25) is 0 Å². The number of carboxylic acids is 1. The highest BCUT2D eigenvalue weighted by atomic mass is 32.2. The highest BCUT2D eigenvalue weighted by molar-refractivity contribution is 8.01. The minimum Gasteiger partial charge on any atom is -0.497 e. The van der Waals surface area contributed by atoms with E-state index in [9.17, 15) is 23.8 Å². The molecule has 1 saturated heterocycles. The zero-order valence-corrected chi connectivity index (χ0v) is 21.7. The molecule has 2 N–H and O–H groups in total. The highest BCUT2D eigenvalue weighted by Crippen LogP contribution is 2.36. The summed E-state index contributed by atoms with van der Waals surface area (Å²) in [6, 6.07) is 8.39. The summed E-state index contributed by atoms with van der Waals surface area (Å²) in [4.78, 5) is 17.9. The van der Waals surface area contributed by atoms with E-state index >= 15 is 0 Å². The summed E-state index contributed by atoms with van der Waals surface area (Å²) < 4.78 is 34.1. The van der Waals surface area contributed by atoms with Gasteiger partial charge in [-0.15, -0.1) is 11.8 Å². The van der Waals surface area contributed by atoms with Crippen LogP contribution < -0.4 is 4.74 Å². The Labute approximate surface area is 217 Å². The third-order valence-electron chi connectivity index (χ3n) is 6.82. The summed E-state index contributed by atoms with van der Waals surface area (Å²) in [5.41, 5.74) is 0.777. The van der Waals surface area contributed by atoms with E-state index in [1.807, 2.05) is 0 Å². The fraction of sp³-hybridized carbons (Fsp3) is 0.462. The van der Waals surface area contributed by atoms with E-state index in [1.165, 1.54) is 13.2 Å². The summed E-state index contributed by atoms with van der Waals surface area (Å²) >= 11 is 2.74. The van der Waals surface area contributed by atoms with Crippen LogP contribution in [0.1, 0.15) is 37.4 Å². The molecule has 3 atom stereocenters. The predicted octanol–water partition coefficient (Wildman–Crippen LogP) is 5.60. The number of hydrogen-bond donors (Lipinski definition) is 2. The van der Waals surface area contributed by atoms with Gasteiger partial charge in [0.1, 0.15) is 11.6 Å². The predicted molar refractivity (Wildman–Crippen MR) is 138 cm³/mol. The van der Waals surface area contributed by atoms with Crippen LogP contribution in [-0.2, 0) is 4.79 Å². The van der Waals surface area contributed by atoms with Gasteiger partial charge in [-0.25, -0.2) is 4.39 Å². The van der Waals surface area contributed by atoms with Gasteiger partial charge in [0.05, 0.1) is 29.1 Å². The molecule has 1 aromatic carbocycles. The molecule has 0 radical (unpaired) electrons. The second-order valence-corrected chi connectivity index (χ2v) is 11.5. The average molecular weight is 537 g/mol. The first-order valence-corrected chi connectivity index (χ1v) is 13.8. The third-order valence-corrected chi connectivity index (χ3v) is 8.90. The van der Waals surface area contributed by atoms with Crippen LogP contribution in [0.3, 0.4) is 0 Å². The quantitative estimate of drug-likeness (QED) is 0.309. The minimum absolute atomic E-state index is 0.0493. The average Bonchev–Trinajstić information content (AvgIpc) is 3.27. The molecule has 10 heteroatoms. The molecular formula is C26H30F2N2O4S2. The lowest BCUT2D eigenvalue weighted by Crippen LogP contribution is -2.42. The van der Waals surface area contributed by atoms with Crippen molar-refractivity contribution < 1.29 is 28.5 Å². The van der Waals surface area contributed by atoms with E-state index in [4.69, 9.17) is 4.74 Å². The lowest BCUT2D eigenvalue weighted by molar-refractivity contribution is -0.139. The molecule has 1 aliphatic heterocycles. The Bertz CT molecular complexity index is 1190. The van der Waals surface area contributed by atoms with Crippen molar-refractivity contribution in [2.24, 2.45) is 11.8 Å². The third kappa shape index (κ3) is 6.73.